The monoisotopic (exact) mass is 256 g/mol. The number of ether oxygens (including phenoxy) is 3. The first kappa shape index (κ1) is 12.1. The van der Waals surface area contributed by atoms with E-state index in [2.05, 4.69) is 0 Å². The molecule has 0 saturated carbocycles. The van der Waals surface area contributed by atoms with Crippen molar-refractivity contribution in [1.82, 2.24) is 0 Å². The molecule has 0 bridgehead atoms. The minimum atomic E-state index is -0.424. The average Bonchev–Trinajstić information content (AvgIpc) is 3.17. The molecule has 1 aliphatic rings. The van der Waals surface area contributed by atoms with E-state index < -0.39 is 5.79 Å². The van der Waals surface area contributed by atoms with Crippen LogP contribution in [0.25, 0.3) is 0 Å². The number of benzene rings is 2. The summed E-state index contributed by atoms with van der Waals surface area (Å²) < 4.78 is 16.5. The molecular formula is C16H16O3. The Bertz CT molecular complexity index is 530. The van der Waals surface area contributed by atoms with Crippen molar-refractivity contribution in [3.63, 3.8) is 0 Å². The first-order chi connectivity index (χ1) is 9.23. The lowest BCUT2D eigenvalue weighted by atomic mass is 10.2. The summed E-state index contributed by atoms with van der Waals surface area (Å²) in [6.45, 7) is 3.15. The Labute approximate surface area is 112 Å². The molecule has 3 nitrogen and oxygen atoms in total. The molecule has 1 saturated heterocycles. The van der Waals surface area contributed by atoms with Gasteiger partial charge < -0.3 is 14.2 Å². The van der Waals surface area contributed by atoms with E-state index in [1.807, 2.05) is 61.5 Å². The zero-order valence-corrected chi connectivity index (χ0v) is 10.8. The fraction of sp³-hybridized carbons (Fsp3) is 0.250. The van der Waals surface area contributed by atoms with Crippen molar-refractivity contribution in [3.05, 3.63) is 60.2 Å². The van der Waals surface area contributed by atoms with E-state index in [0.717, 1.165) is 17.1 Å². The van der Waals surface area contributed by atoms with Crippen molar-refractivity contribution >= 4 is 0 Å². The third-order valence-electron chi connectivity index (χ3n) is 2.96. The molecule has 1 atom stereocenters. The zero-order valence-electron chi connectivity index (χ0n) is 10.8. The maximum Gasteiger partial charge on any atom is 0.231 e. The Hall–Kier alpha value is -2.00. The molecule has 3 heteroatoms. The lowest BCUT2D eigenvalue weighted by Gasteiger charge is -2.10. The van der Waals surface area contributed by atoms with Crippen LogP contribution in [0.2, 0.25) is 0 Å². The van der Waals surface area contributed by atoms with Gasteiger partial charge in [0.05, 0.1) is 0 Å². The van der Waals surface area contributed by atoms with Gasteiger partial charge >= 0.3 is 0 Å². The second-order valence-corrected chi connectivity index (χ2v) is 4.77. The molecule has 3 rings (SSSR count). The van der Waals surface area contributed by atoms with Crippen LogP contribution in [0.1, 0.15) is 12.5 Å². The van der Waals surface area contributed by atoms with E-state index in [4.69, 9.17) is 14.2 Å². The van der Waals surface area contributed by atoms with E-state index in [9.17, 15) is 0 Å². The van der Waals surface area contributed by atoms with Crippen molar-refractivity contribution < 1.29 is 14.2 Å². The Morgan fingerprint density at radius 2 is 1.63 bits per heavy atom. The van der Waals surface area contributed by atoms with Gasteiger partial charge in [0.2, 0.25) is 5.79 Å². The second-order valence-electron chi connectivity index (χ2n) is 4.77. The van der Waals surface area contributed by atoms with E-state index in [-0.39, 0.29) is 0 Å². The highest BCUT2D eigenvalue weighted by Crippen LogP contribution is 2.30. The molecular weight excluding hydrogens is 240 g/mol. The predicted molar refractivity (Wildman–Crippen MR) is 72.2 cm³/mol. The Balaban J connectivity index is 1.57. The second kappa shape index (κ2) is 4.94. The highest BCUT2D eigenvalue weighted by molar-refractivity contribution is 5.32. The average molecular weight is 256 g/mol. The maximum atomic E-state index is 5.71. The van der Waals surface area contributed by atoms with Gasteiger partial charge in [-0.05, 0) is 29.8 Å². The third-order valence-corrected chi connectivity index (χ3v) is 2.96. The lowest BCUT2D eigenvalue weighted by molar-refractivity contribution is 0.0802. The van der Waals surface area contributed by atoms with Gasteiger partial charge in [-0.3, -0.25) is 0 Å². The van der Waals surface area contributed by atoms with E-state index in [1.165, 1.54) is 0 Å². The molecule has 1 fully saturated rings. The van der Waals surface area contributed by atoms with Crippen LogP contribution in [0.5, 0.6) is 11.5 Å². The highest BCUT2D eigenvalue weighted by atomic mass is 16.8. The van der Waals surface area contributed by atoms with Gasteiger partial charge in [0.1, 0.15) is 24.7 Å². The first-order valence-corrected chi connectivity index (χ1v) is 6.33. The summed E-state index contributed by atoms with van der Waals surface area (Å²) in [5.74, 6) is 1.21. The van der Waals surface area contributed by atoms with Crippen molar-refractivity contribution in [1.29, 1.82) is 0 Å². The van der Waals surface area contributed by atoms with Gasteiger partial charge in [-0.15, -0.1) is 0 Å². The van der Waals surface area contributed by atoms with E-state index in [1.54, 1.807) is 0 Å². The smallest absolute Gasteiger partial charge is 0.231 e. The molecule has 0 unspecified atom stereocenters. The molecule has 1 aliphatic heterocycles. The molecule has 98 valence electrons. The summed E-state index contributed by atoms with van der Waals surface area (Å²) in [7, 11) is 0. The lowest BCUT2D eigenvalue weighted by Crippen LogP contribution is -2.14. The fourth-order valence-electron chi connectivity index (χ4n) is 1.75. The minimum Gasteiger partial charge on any atom is -0.489 e. The predicted octanol–water partition coefficient (Wildman–Crippen LogP) is 3.39. The fourth-order valence-corrected chi connectivity index (χ4v) is 1.75. The van der Waals surface area contributed by atoms with Crippen LogP contribution in [0.15, 0.2) is 54.6 Å². The summed E-state index contributed by atoms with van der Waals surface area (Å²) >= 11 is 0. The molecule has 0 amide bonds. The normalized spacial score (nSPS) is 20.9. The largest absolute Gasteiger partial charge is 0.489 e. The topological polar surface area (TPSA) is 31.0 Å². The van der Waals surface area contributed by atoms with Gasteiger partial charge in [-0.1, -0.05) is 30.3 Å². The minimum absolute atomic E-state index is 0.424. The number of epoxide rings is 1. The molecule has 2 aromatic carbocycles. The van der Waals surface area contributed by atoms with Crippen LogP contribution in [-0.2, 0) is 11.3 Å². The van der Waals surface area contributed by atoms with Crippen LogP contribution < -0.4 is 9.47 Å². The van der Waals surface area contributed by atoms with Gasteiger partial charge in [0.25, 0.3) is 0 Å². The van der Waals surface area contributed by atoms with Crippen LogP contribution in [0.3, 0.4) is 0 Å². The van der Waals surface area contributed by atoms with Crippen LogP contribution in [0.4, 0.5) is 0 Å². The molecule has 0 spiro atoms. The molecule has 0 aromatic heterocycles. The molecule has 2 aromatic rings. The quantitative estimate of drug-likeness (QED) is 0.768. The van der Waals surface area contributed by atoms with Gasteiger partial charge in [0.15, 0.2) is 0 Å². The summed E-state index contributed by atoms with van der Waals surface area (Å²) in [6.07, 6.45) is 0. The Morgan fingerprint density at radius 1 is 1.00 bits per heavy atom. The molecule has 0 radical (unpaired) electrons. The number of hydrogen-bond acceptors (Lipinski definition) is 3. The molecule has 19 heavy (non-hydrogen) atoms. The van der Waals surface area contributed by atoms with Gasteiger partial charge in [-0.2, -0.15) is 0 Å². The summed E-state index contributed by atoms with van der Waals surface area (Å²) in [4.78, 5) is 0. The van der Waals surface area contributed by atoms with Crippen LogP contribution >= 0.6 is 0 Å². The van der Waals surface area contributed by atoms with Crippen molar-refractivity contribution in [2.45, 2.75) is 19.3 Å². The summed E-state index contributed by atoms with van der Waals surface area (Å²) in [6, 6.07) is 17.7. The van der Waals surface area contributed by atoms with Crippen molar-refractivity contribution in [2.75, 3.05) is 6.61 Å². The van der Waals surface area contributed by atoms with Crippen LogP contribution in [-0.4, -0.2) is 12.4 Å². The molecule has 1 heterocycles. The van der Waals surface area contributed by atoms with Crippen molar-refractivity contribution in [2.24, 2.45) is 0 Å². The first-order valence-electron chi connectivity index (χ1n) is 6.33. The maximum absolute atomic E-state index is 5.71. The van der Waals surface area contributed by atoms with E-state index >= 15 is 0 Å². The molecule has 0 N–H and O–H groups in total. The third kappa shape index (κ3) is 3.26. The number of rotatable bonds is 5. The SMILES string of the molecule is C[C@]1(Oc2ccc(OCc3ccccc3)cc2)CO1. The Morgan fingerprint density at radius 3 is 2.26 bits per heavy atom. The molecule has 0 aliphatic carbocycles. The Kier molecular flexibility index (Phi) is 3.13. The van der Waals surface area contributed by atoms with Gasteiger partial charge in [0, 0.05) is 6.92 Å². The summed E-state index contributed by atoms with van der Waals surface area (Å²) in [5.41, 5.74) is 1.15. The highest BCUT2D eigenvalue weighted by Gasteiger charge is 2.42. The van der Waals surface area contributed by atoms with Gasteiger partial charge in [-0.25, -0.2) is 0 Å². The number of hydrogen-bond donors (Lipinski definition) is 0. The standard InChI is InChI=1S/C16H16O3/c1-16(12-18-16)19-15-9-7-14(8-10-15)17-11-13-5-3-2-4-6-13/h2-10H,11-12H2,1H3/t16-/m0/s1. The van der Waals surface area contributed by atoms with Crippen molar-refractivity contribution in [3.8, 4) is 11.5 Å². The van der Waals surface area contributed by atoms with E-state index in [0.29, 0.717) is 13.2 Å². The van der Waals surface area contributed by atoms with Crippen LogP contribution in [0, 0.1) is 0 Å². The zero-order chi connectivity index (χ0) is 13.1. The summed E-state index contributed by atoms with van der Waals surface area (Å²) in [5, 5.41) is 0.